The molecule has 2 aromatic carbocycles. The van der Waals surface area contributed by atoms with Crippen molar-refractivity contribution in [3.63, 3.8) is 0 Å². The molecule has 0 aromatic heterocycles. The molecule has 2 aromatic rings. The first-order valence-corrected chi connectivity index (χ1v) is 10.5. The van der Waals surface area contributed by atoms with E-state index in [1.165, 1.54) is 33.5 Å². The Kier molecular flexibility index (Phi) is 9.96. The summed E-state index contributed by atoms with van der Waals surface area (Å²) in [4.78, 5) is 3.74. The summed E-state index contributed by atoms with van der Waals surface area (Å²) in [6.45, 7) is 2.33. The molecule has 1 unspecified atom stereocenters. The van der Waals surface area contributed by atoms with E-state index in [-0.39, 0.29) is 24.7 Å². The number of para-hydroxylation sites is 1. The highest BCUT2D eigenvalue weighted by Crippen LogP contribution is 2.41. The van der Waals surface area contributed by atoms with Crippen LogP contribution in [0.4, 0.5) is 18.9 Å². The molecule has 1 fully saturated rings. The van der Waals surface area contributed by atoms with Crippen molar-refractivity contribution in [2.45, 2.75) is 12.3 Å². The fourth-order valence-corrected chi connectivity index (χ4v) is 3.84. The highest BCUT2D eigenvalue weighted by Gasteiger charge is 2.35. The van der Waals surface area contributed by atoms with Gasteiger partial charge in [0.05, 0.1) is 26.9 Å². The minimum absolute atomic E-state index is 0. The highest BCUT2D eigenvalue weighted by molar-refractivity contribution is 5.85. The summed E-state index contributed by atoms with van der Waals surface area (Å²) in [5, 5.41) is 10.4. The summed E-state index contributed by atoms with van der Waals surface area (Å²) in [6, 6.07) is 8.90. The molecule has 0 aliphatic carbocycles. The van der Waals surface area contributed by atoms with Gasteiger partial charge in [-0.3, -0.25) is 4.90 Å². The maximum atomic E-state index is 13.3. The Morgan fingerprint density at radius 1 is 0.941 bits per heavy atom. The van der Waals surface area contributed by atoms with Crippen LogP contribution in [0, 0.1) is 0 Å². The van der Waals surface area contributed by atoms with Crippen molar-refractivity contribution < 1.29 is 37.2 Å². The van der Waals surface area contributed by atoms with Gasteiger partial charge < -0.3 is 29.0 Å². The van der Waals surface area contributed by atoms with Crippen molar-refractivity contribution in [3.8, 4) is 23.0 Å². The average molecular weight is 507 g/mol. The summed E-state index contributed by atoms with van der Waals surface area (Å²) in [6.07, 6.45) is -5.17. The molecule has 1 aliphatic rings. The van der Waals surface area contributed by atoms with Gasteiger partial charge in [0.1, 0.15) is 18.5 Å². The van der Waals surface area contributed by atoms with Crippen molar-refractivity contribution in [2.24, 2.45) is 0 Å². The zero-order chi connectivity index (χ0) is 24.0. The minimum Gasteiger partial charge on any atom is -0.493 e. The SMILES string of the molecule is COc1cc(OCC(O)CN2CCN(c3ccccc3C(F)(F)F)CC2)cc(OC)c1OC.Cl. The summed E-state index contributed by atoms with van der Waals surface area (Å²) < 4.78 is 61.5. The van der Waals surface area contributed by atoms with Crippen LogP contribution in [0.3, 0.4) is 0 Å². The Hall–Kier alpha value is -2.56. The molecule has 0 saturated carbocycles. The van der Waals surface area contributed by atoms with Crippen LogP contribution in [-0.4, -0.2) is 76.8 Å². The Morgan fingerprint density at radius 3 is 2.06 bits per heavy atom. The first-order valence-electron chi connectivity index (χ1n) is 10.5. The summed E-state index contributed by atoms with van der Waals surface area (Å²) in [5.41, 5.74) is -0.437. The van der Waals surface area contributed by atoms with Gasteiger partial charge in [-0.15, -0.1) is 12.4 Å². The maximum Gasteiger partial charge on any atom is 0.418 e. The van der Waals surface area contributed by atoms with E-state index in [0.717, 1.165) is 6.07 Å². The quantitative estimate of drug-likeness (QED) is 0.556. The van der Waals surface area contributed by atoms with E-state index in [2.05, 4.69) is 0 Å². The van der Waals surface area contributed by atoms with E-state index in [4.69, 9.17) is 18.9 Å². The number of piperazine rings is 1. The average Bonchev–Trinajstić information content (AvgIpc) is 2.82. The number of anilines is 1. The minimum atomic E-state index is -4.39. The van der Waals surface area contributed by atoms with Gasteiger partial charge in [0.15, 0.2) is 11.5 Å². The molecular weight excluding hydrogens is 477 g/mol. The lowest BCUT2D eigenvalue weighted by Gasteiger charge is -2.37. The van der Waals surface area contributed by atoms with E-state index >= 15 is 0 Å². The molecule has 1 aliphatic heterocycles. The number of methoxy groups -OCH3 is 3. The molecule has 3 rings (SSSR count). The normalized spacial score (nSPS) is 15.3. The van der Waals surface area contributed by atoms with E-state index in [1.54, 1.807) is 23.1 Å². The number of alkyl halides is 3. The molecule has 0 amide bonds. The predicted molar refractivity (Wildman–Crippen MR) is 125 cm³/mol. The molecule has 11 heteroatoms. The van der Waals surface area contributed by atoms with Gasteiger partial charge in [-0.05, 0) is 12.1 Å². The number of β-amino-alcohol motifs (C(OH)–C–C–N with tert-alkyl or cyclic N) is 1. The fraction of sp³-hybridized carbons (Fsp3) is 0.478. The second kappa shape index (κ2) is 12.2. The highest BCUT2D eigenvalue weighted by atomic mass is 35.5. The number of hydrogen-bond donors (Lipinski definition) is 1. The molecule has 7 nitrogen and oxygen atoms in total. The molecular formula is C23H30ClF3N2O5. The van der Waals surface area contributed by atoms with Crippen LogP contribution in [0.5, 0.6) is 23.0 Å². The lowest BCUT2D eigenvalue weighted by molar-refractivity contribution is -0.137. The molecule has 0 bridgehead atoms. The van der Waals surface area contributed by atoms with Gasteiger partial charge in [0.2, 0.25) is 5.75 Å². The van der Waals surface area contributed by atoms with E-state index in [1.807, 2.05) is 4.90 Å². The molecule has 0 spiro atoms. The summed E-state index contributed by atoms with van der Waals surface area (Å²) in [7, 11) is 4.51. The van der Waals surface area contributed by atoms with Gasteiger partial charge in [-0.2, -0.15) is 13.2 Å². The Bertz CT molecular complexity index is 899. The third kappa shape index (κ3) is 6.74. The smallest absolute Gasteiger partial charge is 0.418 e. The molecule has 0 radical (unpaired) electrons. The van der Waals surface area contributed by atoms with Crippen molar-refractivity contribution in [1.82, 2.24) is 4.90 Å². The molecule has 190 valence electrons. The van der Waals surface area contributed by atoms with E-state index < -0.39 is 17.8 Å². The topological polar surface area (TPSA) is 63.6 Å². The number of benzene rings is 2. The predicted octanol–water partition coefficient (Wildman–Crippen LogP) is 3.71. The van der Waals surface area contributed by atoms with Gasteiger partial charge in [-0.1, -0.05) is 12.1 Å². The van der Waals surface area contributed by atoms with E-state index in [9.17, 15) is 18.3 Å². The lowest BCUT2D eigenvalue weighted by Crippen LogP contribution is -2.49. The van der Waals surface area contributed by atoms with Crippen LogP contribution in [0.2, 0.25) is 0 Å². The van der Waals surface area contributed by atoms with Crippen molar-refractivity contribution in [2.75, 3.05) is 65.6 Å². The Morgan fingerprint density at radius 2 is 1.53 bits per heavy atom. The second-order valence-corrected chi connectivity index (χ2v) is 7.63. The first-order chi connectivity index (χ1) is 15.8. The maximum absolute atomic E-state index is 13.3. The molecule has 34 heavy (non-hydrogen) atoms. The van der Waals surface area contributed by atoms with Gasteiger partial charge >= 0.3 is 6.18 Å². The fourth-order valence-electron chi connectivity index (χ4n) is 3.84. The third-order valence-electron chi connectivity index (χ3n) is 5.47. The number of rotatable bonds is 9. The van der Waals surface area contributed by atoms with Crippen molar-refractivity contribution >= 4 is 18.1 Å². The van der Waals surface area contributed by atoms with Crippen molar-refractivity contribution in [3.05, 3.63) is 42.0 Å². The lowest BCUT2D eigenvalue weighted by atomic mass is 10.1. The van der Waals surface area contributed by atoms with Crippen LogP contribution in [-0.2, 0) is 6.18 Å². The van der Waals surface area contributed by atoms with Gasteiger partial charge in [-0.25, -0.2) is 0 Å². The largest absolute Gasteiger partial charge is 0.493 e. The van der Waals surface area contributed by atoms with Gasteiger partial charge in [0.25, 0.3) is 0 Å². The number of halogens is 4. The monoisotopic (exact) mass is 506 g/mol. The number of aliphatic hydroxyl groups excluding tert-OH is 1. The Labute approximate surface area is 203 Å². The zero-order valence-corrected chi connectivity index (χ0v) is 20.1. The van der Waals surface area contributed by atoms with Crippen LogP contribution >= 0.6 is 12.4 Å². The van der Waals surface area contributed by atoms with Crippen LogP contribution in [0.1, 0.15) is 5.56 Å². The van der Waals surface area contributed by atoms with Gasteiger partial charge in [0, 0.05) is 50.5 Å². The second-order valence-electron chi connectivity index (χ2n) is 7.63. The molecule has 1 atom stereocenters. The number of aliphatic hydroxyl groups is 1. The van der Waals surface area contributed by atoms with Crippen LogP contribution in [0.15, 0.2) is 36.4 Å². The van der Waals surface area contributed by atoms with E-state index in [0.29, 0.717) is 55.7 Å². The van der Waals surface area contributed by atoms with Crippen LogP contribution in [0.25, 0.3) is 0 Å². The third-order valence-corrected chi connectivity index (χ3v) is 5.47. The first kappa shape index (κ1) is 27.7. The molecule has 1 saturated heterocycles. The number of hydrogen-bond acceptors (Lipinski definition) is 7. The van der Waals surface area contributed by atoms with Crippen molar-refractivity contribution in [1.29, 1.82) is 0 Å². The number of nitrogens with zero attached hydrogens (tertiary/aromatic N) is 2. The Balaban J connectivity index is 0.00000408. The summed E-state index contributed by atoms with van der Waals surface area (Å²) >= 11 is 0. The van der Waals surface area contributed by atoms with Crippen LogP contribution < -0.4 is 23.8 Å². The molecule has 1 N–H and O–H groups in total. The number of ether oxygens (including phenoxy) is 4. The molecule has 1 heterocycles. The standard InChI is InChI=1S/C23H29F3N2O5.ClH/c1-30-20-12-17(13-21(31-2)22(20)32-3)33-15-16(29)14-27-8-10-28(11-9-27)19-7-5-4-6-18(19)23(24,25)26;/h4-7,12-13,16,29H,8-11,14-15H2,1-3H3;1H. The zero-order valence-electron chi connectivity index (χ0n) is 19.3. The summed E-state index contributed by atoms with van der Waals surface area (Å²) in [5.74, 6) is 1.78.